The van der Waals surface area contributed by atoms with Crippen LogP contribution in [-0.4, -0.2) is 42.9 Å². The van der Waals surface area contributed by atoms with Gasteiger partial charge < -0.3 is 14.7 Å². The zero-order chi connectivity index (χ0) is 27.7. The SMILES string of the molecule is O=NC(=O)CC1c2cc(F)ccc2N=C(N2CCN(c3ccc(F)cc3)CC2)N1c1cccc(C(F)(F)F)c1. The molecule has 2 aliphatic heterocycles. The monoisotopic (exact) mass is 543 g/mol. The molecule has 0 spiro atoms. The molecule has 0 radical (unpaired) electrons. The largest absolute Gasteiger partial charge is 0.416 e. The highest BCUT2D eigenvalue weighted by atomic mass is 19.4. The number of hydrogen-bond donors (Lipinski definition) is 0. The minimum absolute atomic E-state index is 0.0724. The number of alkyl halides is 3. The number of halogens is 5. The highest BCUT2D eigenvalue weighted by molar-refractivity contribution is 6.01. The minimum atomic E-state index is -4.64. The van der Waals surface area contributed by atoms with Crippen LogP contribution in [0.3, 0.4) is 0 Å². The van der Waals surface area contributed by atoms with Crippen molar-refractivity contribution in [2.45, 2.75) is 18.6 Å². The molecule has 1 saturated heterocycles. The van der Waals surface area contributed by atoms with Crippen LogP contribution in [0.15, 0.2) is 76.9 Å². The van der Waals surface area contributed by atoms with Crippen molar-refractivity contribution in [1.29, 1.82) is 0 Å². The van der Waals surface area contributed by atoms with Crippen LogP contribution in [0.2, 0.25) is 0 Å². The Balaban J connectivity index is 1.56. The van der Waals surface area contributed by atoms with Gasteiger partial charge in [0.15, 0.2) is 0 Å². The number of nitrogens with zero attached hydrogens (tertiary/aromatic N) is 5. The molecular weight excluding hydrogens is 521 g/mol. The molecule has 2 heterocycles. The maximum absolute atomic E-state index is 14.3. The number of hydrogen-bond acceptors (Lipinski definition) is 6. The number of amides is 1. The van der Waals surface area contributed by atoms with Crippen molar-refractivity contribution in [1.82, 2.24) is 4.90 Å². The first kappa shape index (κ1) is 26.3. The molecular formula is C27H22F5N5O2. The summed E-state index contributed by atoms with van der Waals surface area (Å²) < 4.78 is 68.5. The van der Waals surface area contributed by atoms with Gasteiger partial charge in [0.1, 0.15) is 11.6 Å². The maximum atomic E-state index is 14.3. The summed E-state index contributed by atoms with van der Waals surface area (Å²) in [6.45, 7) is 1.79. The lowest BCUT2D eigenvalue weighted by Gasteiger charge is -2.45. The summed E-state index contributed by atoms with van der Waals surface area (Å²) in [5.41, 5.74) is 0.558. The summed E-state index contributed by atoms with van der Waals surface area (Å²) in [4.78, 5) is 33.3. The maximum Gasteiger partial charge on any atom is 0.416 e. The van der Waals surface area contributed by atoms with Gasteiger partial charge in [-0.05, 0) is 60.7 Å². The van der Waals surface area contributed by atoms with Gasteiger partial charge in [-0.1, -0.05) is 6.07 Å². The number of carbonyl (C=O) groups excluding carboxylic acids is 1. The standard InChI is InChI=1S/C27H22F5N5O2/c28-18-4-7-20(8-5-18)35-10-12-36(13-11-35)26-33-23-9-6-19(29)15-22(23)24(16-25(38)34-39)37(26)21-3-1-2-17(14-21)27(30,31)32/h1-9,14-15,24H,10-13,16H2. The van der Waals surface area contributed by atoms with Crippen LogP contribution in [0.1, 0.15) is 23.6 Å². The molecule has 2 aliphatic rings. The van der Waals surface area contributed by atoms with Crippen LogP contribution in [0, 0.1) is 16.5 Å². The molecule has 1 amide bonds. The number of rotatable bonds is 4. The number of carbonyl (C=O) groups is 1. The Hall–Kier alpha value is -4.35. The number of anilines is 2. The number of piperazine rings is 1. The van der Waals surface area contributed by atoms with Crippen molar-refractivity contribution in [2.75, 3.05) is 36.0 Å². The summed E-state index contributed by atoms with van der Waals surface area (Å²) >= 11 is 0. The summed E-state index contributed by atoms with van der Waals surface area (Å²) in [7, 11) is 0. The molecule has 5 rings (SSSR count). The third kappa shape index (κ3) is 5.45. The van der Waals surface area contributed by atoms with Crippen LogP contribution in [0.4, 0.5) is 39.0 Å². The second-order valence-corrected chi connectivity index (χ2v) is 9.19. The van der Waals surface area contributed by atoms with Crippen molar-refractivity contribution < 1.29 is 26.7 Å². The van der Waals surface area contributed by atoms with E-state index in [0.717, 1.165) is 23.9 Å². The van der Waals surface area contributed by atoms with Gasteiger partial charge in [-0.25, -0.2) is 13.8 Å². The molecule has 12 heteroatoms. The van der Waals surface area contributed by atoms with Crippen molar-refractivity contribution in [2.24, 2.45) is 10.2 Å². The van der Waals surface area contributed by atoms with E-state index in [9.17, 15) is 31.7 Å². The topological polar surface area (TPSA) is 68.6 Å². The molecule has 3 aromatic rings. The van der Waals surface area contributed by atoms with Crippen molar-refractivity contribution in [3.63, 3.8) is 0 Å². The van der Waals surface area contributed by atoms with Crippen molar-refractivity contribution in [3.05, 3.63) is 94.4 Å². The molecule has 1 atom stereocenters. The number of aliphatic imine (C=N–C) groups is 1. The Kier molecular flexibility index (Phi) is 7.02. The van der Waals surface area contributed by atoms with E-state index in [1.54, 1.807) is 12.1 Å². The van der Waals surface area contributed by atoms with E-state index in [1.807, 2.05) is 9.80 Å². The Morgan fingerprint density at radius 2 is 1.54 bits per heavy atom. The van der Waals surface area contributed by atoms with Gasteiger partial charge >= 0.3 is 6.18 Å². The highest BCUT2D eigenvalue weighted by Gasteiger charge is 2.38. The van der Waals surface area contributed by atoms with Crippen LogP contribution < -0.4 is 9.80 Å². The average Bonchev–Trinajstić information content (AvgIpc) is 2.93. The molecule has 7 nitrogen and oxygen atoms in total. The Labute approximate surface area is 220 Å². The summed E-state index contributed by atoms with van der Waals surface area (Å²) in [5.74, 6) is -1.75. The number of guanidine groups is 1. The second-order valence-electron chi connectivity index (χ2n) is 9.19. The number of fused-ring (bicyclic) bond motifs is 1. The predicted octanol–water partition coefficient (Wildman–Crippen LogP) is 6.04. The Morgan fingerprint density at radius 1 is 0.872 bits per heavy atom. The fourth-order valence-corrected chi connectivity index (χ4v) is 4.91. The lowest BCUT2D eigenvalue weighted by Crippen LogP contribution is -2.55. The lowest BCUT2D eigenvalue weighted by atomic mass is 9.96. The van der Waals surface area contributed by atoms with E-state index < -0.39 is 35.9 Å². The van der Waals surface area contributed by atoms with Gasteiger partial charge in [0.2, 0.25) is 5.96 Å². The van der Waals surface area contributed by atoms with Crippen LogP contribution in [0.5, 0.6) is 0 Å². The van der Waals surface area contributed by atoms with E-state index in [1.165, 1.54) is 41.3 Å². The van der Waals surface area contributed by atoms with Gasteiger partial charge in [0, 0.05) is 48.3 Å². The summed E-state index contributed by atoms with van der Waals surface area (Å²) in [6, 6.07) is 13.3. The molecule has 0 aromatic heterocycles. The molecule has 0 bridgehead atoms. The number of nitroso groups, excluding NO2 is 1. The molecule has 3 aromatic carbocycles. The smallest absolute Gasteiger partial charge is 0.368 e. The van der Waals surface area contributed by atoms with E-state index in [4.69, 9.17) is 0 Å². The van der Waals surface area contributed by atoms with E-state index in [2.05, 4.69) is 10.2 Å². The molecule has 0 aliphatic carbocycles. The van der Waals surface area contributed by atoms with Gasteiger partial charge in [-0.15, -0.1) is 4.91 Å². The van der Waals surface area contributed by atoms with Crippen LogP contribution in [0.25, 0.3) is 0 Å². The first-order chi connectivity index (χ1) is 18.6. The summed E-state index contributed by atoms with van der Waals surface area (Å²) in [6.07, 6.45) is -5.13. The van der Waals surface area contributed by atoms with Crippen LogP contribution >= 0.6 is 0 Å². The van der Waals surface area contributed by atoms with Crippen LogP contribution in [-0.2, 0) is 11.0 Å². The van der Waals surface area contributed by atoms with E-state index in [0.29, 0.717) is 31.9 Å². The molecule has 0 N–H and O–H groups in total. The van der Waals surface area contributed by atoms with Gasteiger partial charge in [0.05, 0.1) is 23.7 Å². The van der Waals surface area contributed by atoms with Crippen molar-refractivity contribution >= 4 is 28.9 Å². The van der Waals surface area contributed by atoms with Gasteiger partial charge in [-0.3, -0.25) is 4.79 Å². The lowest BCUT2D eigenvalue weighted by molar-refractivity contribution is -0.137. The Bertz CT molecular complexity index is 1420. The zero-order valence-corrected chi connectivity index (χ0v) is 20.4. The molecule has 202 valence electrons. The van der Waals surface area contributed by atoms with Crippen molar-refractivity contribution in [3.8, 4) is 0 Å². The normalized spacial score (nSPS) is 17.5. The predicted molar refractivity (Wildman–Crippen MR) is 136 cm³/mol. The van der Waals surface area contributed by atoms with Gasteiger partial charge in [-0.2, -0.15) is 13.2 Å². The third-order valence-corrected chi connectivity index (χ3v) is 6.77. The zero-order valence-electron chi connectivity index (χ0n) is 20.4. The molecule has 39 heavy (non-hydrogen) atoms. The first-order valence-corrected chi connectivity index (χ1v) is 12.1. The summed E-state index contributed by atoms with van der Waals surface area (Å²) in [5, 5.41) is 2.47. The molecule has 0 saturated carbocycles. The quantitative estimate of drug-likeness (QED) is 0.297. The third-order valence-electron chi connectivity index (χ3n) is 6.77. The Morgan fingerprint density at radius 3 is 2.21 bits per heavy atom. The van der Waals surface area contributed by atoms with Gasteiger partial charge in [0.25, 0.3) is 5.91 Å². The van der Waals surface area contributed by atoms with E-state index in [-0.39, 0.29) is 23.0 Å². The highest BCUT2D eigenvalue weighted by Crippen LogP contribution is 2.42. The first-order valence-electron chi connectivity index (χ1n) is 12.1. The average molecular weight is 543 g/mol. The molecule has 1 unspecified atom stereocenters. The fraction of sp³-hybridized carbons (Fsp3) is 0.259. The second kappa shape index (κ2) is 10.4. The van der Waals surface area contributed by atoms with E-state index >= 15 is 0 Å². The fourth-order valence-electron chi connectivity index (χ4n) is 4.91. The molecule has 1 fully saturated rings. The number of benzene rings is 3. The minimum Gasteiger partial charge on any atom is -0.368 e.